The van der Waals surface area contributed by atoms with Gasteiger partial charge in [-0.15, -0.1) is 0 Å². The minimum absolute atomic E-state index is 0.726. The number of nitrogens with zero attached hydrogens (tertiary/aromatic N) is 2. The topological polar surface area (TPSA) is 27.7 Å². The summed E-state index contributed by atoms with van der Waals surface area (Å²) in [6.45, 7) is 7.92. The average molecular weight is 255 g/mol. The number of ether oxygens (including phenoxy) is 1. The van der Waals surface area contributed by atoms with Crippen molar-refractivity contribution in [3.05, 3.63) is 0 Å². The molecule has 106 valence electrons. The molecule has 1 unspecified atom stereocenters. The van der Waals surface area contributed by atoms with E-state index in [4.69, 9.17) is 4.74 Å². The van der Waals surface area contributed by atoms with E-state index >= 15 is 0 Å². The number of piperazine rings is 1. The number of rotatable bonds is 5. The zero-order valence-corrected chi connectivity index (χ0v) is 12.0. The van der Waals surface area contributed by atoms with E-state index in [2.05, 4.69) is 29.2 Å². The third-order valence-corrected chi connectivity index (χ3v) is 4.42. The fourth-order valence-electron chi connectivity index (χ4n) is 3.27. The molecule has 0 aromatic heterocycles. The molecular weight excluding hydrogens is 226 g/mol. The predicted octanol–water partition coefficient (Wildman–Crippen LogP) is 0.639. The molecule has 0 saturated carbocycles. The van der Waals surface area contributed by atoms with Crippen LogP contribution in [0.25, 0.3) is 0 Å². The second-order valence-electron chi connectivity index (χ2n) is 5.86. The quantitative estimate of drug-likeness (QED) is 0.780. The second kappa shape index (κ2) is 7.43. The minimum atomic E-state index is 0.726. The van der Waals surface area contributed by atoms with Gasteiger partial charge in [0.05, 0.1) is 0 Å². The first-order valence-electron chi connectivity index (χ1n) is 7.44. The zero-order valence-electron chi connectivity index (χ0n) is 12.0. The van der Waals surface area contributed by atoms with Crippen molar-refractivity contribution < 1.29 is 4.74 Å². The highest BCUT2D eigenvalue weighted by atomic mass is 16.5. The molecule has 2 aliphatic heterocycles. The largest absolute Gasteiger partial charge is 0.381 e. The minimum Gasteiger partial charge on any atom is -0.381 e. The number of nitrogens with one attached hydrogen (secondary N) is 1. The maximum Gasteiger partial charge on any atom is 0.0469 e. The summed E-state index contributed by atoms with van der Waals surface area (Å²) in [6, 6.07) is 0.726. The van der Waals surface area contributed by atoms with Crippen LogP contribution in [0.5, 0.6) is 0 Å². The van der Waals surface area contributed by atoms with Gasteiger partial charge >= 0.3 is 0 Å². The fraction of sp³-hybridized carbons (Fsp3) is 1.00. The van der Waals surface area contributed by atoms with Gasteiger partial charge in [-0.05, 0) is 45.8 Å². The Morgan fingerprint density at radius 1 is 1.22 bits per heavy atom. The van der Waals surface area contributed by atoms with Crippen molar-refractivity contribution >= 4 is 0 Å². The van der Waals surface area contributed by atoms with Gasteiger partial charge in [-0.1, -0.05) is 0 Å². The molecular formula is C14H29N3O. The van der Waals surface area contributed by atoms with Crippen LogP contribution in [0.3, 0.4) is 0 Å². The third kappa shape index (κ3) is 4.19. The SMILES string of the molecule is CN(C)C(CCN1CCNCC1)C1CCOCC1. The molecule has 0 aromatic carbocycles. The summed E-state index contributed by atoms with van der Waals surface area (Å²) in [5, 5.41) is 3.42. The van der Waals surface area contributed by atoms with Crippen molar-refractivity contribution in [2.45, 2.75) is 25.3 Å². The Balaban J connectivity index is 1.77. The van der Waals surface area contributed by atoms with E-state index in [9.17, 15) is 0 Å². The molecule has 2 fully saturated rings. The summed E-state index contributed by atoms with van der Waals surface area (Å²) in [5.41, 5.74) is 0. The van der Waals surface area contributed by atoms with Gasteiger partial charge < -0.3 is 19.9 Å². The first kappa shape index (κ1) is 14.3. The molecule has 0 aromatic rings. The van der Waals surface area contributed by atoms with E-state index in [1.165, 1.54) is 38.9 Å². The summed E-state index contributed by atoms with van der Waals surface area (Å²) in [4.78, 5) is 5.03. The van der Waals surface area contributed by atoms with Crippen molar-refractivity contribution in [1.29, 1.82) is 0 Å². The summed E-state index contributed by atoms with van der Waals surface area (Å²) < 4.78 is 5.49. The van der Waals surface area contributed by atoms with Gasteiger partial charge in [0.25, 0.3) is 0 Å². The second-order valence-corrected chi connectivity index (χ2v) is 5.86. The number of hydrogen-bond donors (Lipinski definition) is 1. The lowest BCUT2D eigenvalue weighted by molar-refractivity contribution is 0.0318. The van der Waals surface area contributed by atoms with Gasteiger partial charge in [-0.3, -0.25) is 0 Å². The van der Waals surface area contributed by atoms with Crippen LogP contribution in [0.4, 0.5) is 0 Å². The van der Waals surface area contributed by atoms with Crippen LogP contribution in [0, 0.1) is 5.92 Å². The molecule has 2 aliphatic rings. The molecule has 4 nitrogen and oxygen atoms in total. The lowest BCUT2D eigenvalue weighted by Gasteiger charge is -2.37. The highest BCUT2D eigenvalue weighted by Crippen LogP contribution is 2.24. The number of hydrogen-bond acceptors (Lipinski definition) is 4. The van der Waals surface area contributed by atoms with Crippen LogP contribution < -0.4 is 5.32 Å². The standard InChI is InChI=1S/C14H29N3O/c1-16(2)14(13-4-11-18-12-5-13)3-8-17-9-6-15-7-10-17/h13-15H,3-12H2,1-2H3. The van der Waals surface area contributed by atoms with Crippen LogP contribution in [0.15, 0.2) is 0 Å². The summed E-state index contributed by atoms with van der Waals surface area (Å²) >= 11 is 0. The molecule has 0 spiro atoms. The zero-order chi connectivity index (χ0) is 12.8. The average Bonchev–Trinajstić information content (AvgIpc) is 2.41. The normalized spacial score (nSPS) is 25.5. The molecule has 2 heterocycles. The summed E-state index contributed by atoms with van der Waals surface area (Å²) in [5.74, 6) is 0.830. The molecule has 18 heavy (non-hydrogen) atoms. The molecule has 1 N–H and O–H groups in total. The Labute approximate surface area is 112 Å². The van der Waals surface area contributed by atoms with Crippen LogP contribution in [0.1, 0.15) is 19.3 Å². The van der Waals surface area contributed by atoms with Crippen LogP contribution in [-0.4, -0.2) is 75.9 Å². The van der Waals surface area contributed by atoms with Crippen molar-refractivity contribution in [3.8, 4) is 0 Å². The van der Waals surface area contributed by atoms with E-state index in [0.29, 0.717) is 0 Å². The van der Waals surface area contributed by atoms with Gasteiger partial charge in [-0.2, -0.15) is 0 Å². The van der Waals surface area contributed by atoms with Crippen molar-refractivity contribution in [2.75, 3.05) is 60.0 Å². The van der Waals surface area contributed by atoms with E-state index in [0.717, 1.165) is 38.3 Å². The van der Waals surface area contributed by atoms with E-state index in [-0.39, 0.29) is 0 Å². The molecule has 0 bridgehead atoms. The molecule has 0 aliphatic carbocycles. The lowest BCUT2D eigenvalue weighted by Crippen LogP contribution is -2.46. The molecule has 2 saturated heterocycles. The maximum atomic E-state index is 5.49. The highest BCUT2D eigenvalue weighted by Gasteiger charge is 2.26. The van der Waals surface area contributed by atoms with E-state index in [1.807, 2.05) is 0 Å². The molecule has 0 amide bonds. The fourth-order valence-corrected chi connectivity index (χ4v) is 3.27. The molecule has 0 radical (unpaired) electrons. The summed E-state index contributed by atoms with van der Waals surface area (Å²) in [6.07, 6.45) is 3.78. The third-order valence-electron chi connectivity index (χ3n) is 4.42. The monoisotopic (exact) mass is 255 g/mol. The van der Waals surface area contributed by atoms with Gasteiger partial charge in [0.1, 0.15) is 0 Å². The van der Waals surface area contributed by atoms with Crippen molar-refractivity contribution in [3.63, 3.8) is 0 Å². The van der Waals surface area contributed by atoms with Gasteiger partial charge in [0.15, 0.2) is 0 Å². The van der Waals surface area contributed by atoms with E-state index < -0.39 is 0 Å². The molecule has 1 atom stereocenters. The van der Waals surface area contributed by atoms with Gasteiger partial charge in [0.2, 0.25) is 0 Å². The maximum absolute atomic E-state index is 5.49. The first-order chi connectivity index (χ1) is 8.77. The molecule has 4 heteroatoms. The smallest absolute Gasteiger partial charge is 0.0469 e. The van der Waals surface area contributed by atoms with Crippen LogP contribution in [-0.2, 0) is 4.74 Å². The van der Waals surface area contributed by atoms with Gasteiger partial charge in [0, 0.05) is 45.4 Å². The molecule has 2 rings (SSSR count). The lowest BCUT2D eigenvalue weighted by atomic mass is 9.89. The Hall–Kier alpha value is -0.160. The van der Waals surface area contributed by atoms with Crippen molar-refractivity contribution in [2.24, 2.45) is 5.92 Å². The van der Waals surface area contributed by atoms with Crippen molar-refractivity contribution in [1.82, 2.24) is 15.1 Å². The summed E-state index contributed by atoms with van der Waals surface area (Å²) in [7, 11) is 4.47. The van der Waals surface area contributed by atoms with Crippen LogP contribution >= 0.6 is 0 Å². The predicted molar refractivity (Wildman–Crippen MR) is 74.9 cm³/mol. The highest BCUT2D eigenvalue weighted by molar-refractivity contribution is 4.80. The van der Waals surface area contributed by atoms with Crippen LogP contribution in [0.2, 0.25) is 0 Å². The Morgan fingerprint density at radius 3 is 2.50 bits per heavy atom. The van der Waals surface area contributed by atoms with Gasteiger partial charge in [-0.25, -0.2) is 0 Å². The Morgan fingerprint density at radius 2 is 1.89 bits per heavy atom. The first-order valence-corrected chi connectivity index (χ1v) is 7.44. The Kier molecular flexibility index (Phi) is 5.89. The van der Waals surface area contributed by atoms with E-state index in [1.54, 1.807) is 0 Å². The Bertz CT molecular complexity index is 223.